The van der Waals surface area contributed by atoms with Gasteiger partial charge in [-0.3, -0.25) is 4.79 Å². The molecular formula is C12H20O. The van der Waals surface area contributed by atoms with Crippen molar-refractivity contribution in [3.63, 3.8) is 0 Å². The second kappa shape index (κ2) is 3.28. The van der Waals surface area contributed by atoms with E-state index in [9.17, 15) is 4.79 Å². The van der Waals surface area contributed by atoms with E-state index in [1.54, 1.807) is 0 Å². The Balaban J connectivity index is 3.01. The van der Waals surface area contributed by atoms with E-state index in [1.165, 1.54) is 5.57 Å². The van der Waals surface area contributed by atoms with Crippen LogP contribution in [-0.2, 0) is 4.79 Å². The number of rotatable bonds is 1. The Morgan fingerprint density at radius 2 is 1.77 bits per heavy atom. The van der Waals surface area contributed by atoms with Crippen molar-refractivity contribution in [2.75, 3.05) is 0 Å². The standard InChI is InChI=1S/C12H20O/c1-8(2)11-9(3)6-12(4,5)7-10(11)13/h8H,6-7H2,1-5H3. The first-order valence-electron chi connectivity index (χ1n) is 5.06. The molecule has 0 atom stereocenters. The van der Waals surface area contributed by atoms with Crippen LogP contribution in [0.4, 0.5) is 0 Å². The molecule has 0 aliphatic heterocycles. The lowest BCUT2D eigenvalue weighted by molar-refractivity contribution is -0.118. The van der Waals surface area contributed by atoms with Crippen molar-refractivity contribution in [1.29, 1.82) is 0 Å². The first kappa shape index (κ1) is 10.5. The van der Waals surface area contributed by atoms with Gasteiger partial charge in [-0.2, -0.15) is 0 Å². The smallest absolute Gasteiger partial charge is 0.159 e. The maximum atomic E-state index is 11.8. The van der Waals surface area contributed by atoms with Gasteiger partial charge in [0, 0.05) is 6.42 Å². The van der Waals surface area contributed by atoms with Gasteiger partial charge in [0.2, 0.25) is 0 Å². The van der Waals surface area contributed by atoms with Crippen molar-refractivity contribution in [2.24, 2.45) is 11.3 Å². The third-order valence-corrected chi connectivity index (χ3v) is 2.72. The average Bonchev–Trinajstić information content (AvgIpc) is 1.78. The predicted molar refractivity (Wildman–Crippen MR) is 55.6 cm³/mol. The summed E-state index contributed by atoms with van der Waals surface area (Å²) >= 11 is 0. The van der Waals surface area contributed by atoms with E-state index in [0.717, 1.165) is 18.4 Å². The van der Waals surface area contributed by atoms with Crippen LogP contribution in [0.25, 0.3) is 0 Å². The quantitative estimate of drug-likeness (QED) is 0.605. The van der Waals surface area contributed by atoms with Crippen LogP contribution in [0.3, 0.4) is 0 Å². The molecular weight excluding hydrogens is 160 g/mol. The van der Waals surface area contributed by atoms with Crippen molar-refractivity contribution < 1.29 is 4.79 Å². The van der Waals surface area contributed by atoms with Crippen molar-refractivity contribution >= 4 is 5.78 Å². The second-order valence-electron chi connectivity index (χ2n) is 5.29. The molecule has 0 N–H and O–H groups in total. The molecule has 0 bridgehead atoms. The fourth-order valence-electron chi connectivity index (χ4n) is 2.46. The van der Waals surface area contributed by atoms with Gasteiger partial charge in [0.1, 0.15) is 0 Å². The summed E-state index contributed by atoms with van der Waals surface area (Å²) in [6.07, 6.45) is 1.80. The molecule has 0 spiro atoms. The first-order chi connectivity index (χ1) is 5.83. The Labute approximate surface area is 81.2 Å². The molecule has 1 aliphatic rings. The van der Waals surface area contributed by atoms with E-state index in [-0.39, 0.29) is 5.41 Å². The van der Waals surface area contributed by atoms with Crippen molar-refractivity contribution in [2.45, 2.75) is 47.5 Å². The molecule has 1 aliphatic carbocycles. The lowest BCUT2D eigenvalue weighted by Crippen LogP contribution is -2.26. The molecule has 1 rings (SSSR count). The number of ketones is 1. The van der Waals surface area contributed by atoms with Crippen LogP contribution in [0.5, 0.6) is 0 Å². The summed E-state index contributed by atoms with van der Waals surface area (Å²) in [6, 6.07) is 0. The Morgan fingerprint density at radius 3 is 2.15 bits per heavy atom. The molecule has 1 heteroatoms. The first-order valence-corrected chi connectivity index (χ1v) is 5.06. The third kappa shape index (κ3) is 2.20. The average molecular weight is 180 g/mol. The van der Waals surface area contributed by atoms with Crippen molar-refractivity contribution in [3.8, 4) is 0 Å². The summed E-state index contributed by atoms with van der Waals surface area (Å²) in [5, 5.41) is 0. The Kier molecular flexibility index (Phi) is 2.65. The Morgan fingerprint density at radius 1 is 1.23 bits per heavy atom. The minimum Gasteiger partial charge on any atom is -0.295 e. The molecule has 0 aromatic rings. The largest absolute Gasteiger partial charge is 0.295 e. The summed E-state index contributed by atoms with van der Waals surface area (Å²) in [7, 11) is 0. The molecule has 0 saturated heterocycles. The zero-order valence-electron chi connectivity index (χ0n) is 9.40. The van der Waals surface area contributed by atoms with Gasteiger partial charge in [0.05, 0.1) is 0 Å². The summed E-state index contributed by atoms with van der Waals surface area (Å²) in [4.78, 5) is 11.8. The van der Waals surface area contributed by atoms with E-state index < -0.39 is 0 Å². The maximum absolute atomic E-state index is 11.8. The molecule has 74 valence electrons. The summed E-state index contributed by atoms with van der Waals surface area (Å²) in [5.74, 6) is 0.757. The minimum absolute atomic E-state index is 0.180. The number of carbonyl (C=O) groups excluding carboxylic acids is 1. The molecule has 13 heavy (non-hydrogen) atoms. The number of carbonyl (C=O) groups is 1. The minimum atomic E-state index is 0.180. The molecule has 0 fully saturated rings. The monoisotopic (exact) mass is 180 g/mol. The molecule has 0 aromatic carbocycles. The van der Waals surface area contributed by atoms with E-state index >= 15 is 0 Å². The number of hydrogen-bond donors (Lipinski definition) is 0. The van der Waals surface area contributed by atoms with Gasteiger partial charge in [-0.15, -0.1) is 0 Å². The third-order valence-electron chi connectivity index (χ3n) is 2.72. The van der Waals surface area contributed by atoms with Crippen LogP contribution in [0, 0.1) is 11.3 Å². The van der Waals surface area contributed by atoms with Gasteiger partial charge in [0.15, 0.2) is 5.78 Å². The Bertz CT molecular complexity index is 256. The molecule has 0 unspecified atom stereocenters. The lowest BCUT2D eigenvalue weighted by atomic mass is 9.72. The SMILES string of the molecule is CC1=C(C(C)C)C(=O)CC(C)(C)C1. The van der Waals surface area contributed by atoms with Gasteiger partial charge in [-0.05, 0) is 30.3 Å². The second-order valence-corrected chi connectivity index (χ2v) is 5.29. The van der Waals surface area contributed by atoms with Gasteiger partial charge < -0.3 is 0 Å². The van der Waals surface area contributed by atoms with Crippen LogP contribution >= 0.6 is 0 Å². The predicted octanol–water partition coefficient (Wildman–Crippen LogP) is 3.35. The zero-order valence-corrected chi connectivity index (χ0v) is 9.40. The van der Waals surface area contributed by atoms with Crippen LogP contribution in [-0.4, -0.2) is 5.78 Å². The molecule has 0 aromatic heterocycles. The summed E-state index contributed by atoms with van der Waals surface area (Å²) in [5.41, 5.74) is 2.56. The number of allylic oxidation sites excluding steroid dienone is 2. The van der Waals surface area contributed by atoms with Gasteiger partial charge in [-0.1, -0.05) is 33.3 Å². The highest BCUT2D eigenvalue weighted by Gasteiger charge is 2.31. The van der Waals surface area contributed by atoms with Gasteiger partial charge in [0.25, 0.3) is 0 Å². The highest BCUT2D eigenvalue weighted by molar-refractivity contribution is 5.97. The molecule has 0 heterocycles. The zero-order chi connectivity index (χ0) is 10.2. The van der Waals surface area contributed by atoms with E-state index in [0.29, 0.717) is 11.7 Å². The Hall–Kier alpha value is -0.590. The van der Waals surface area contributed by atoms with Crippen molar-refractivity contribution in [1.82, 2.24) is 0 Å². The van der Waals surface area contributed by atoms with Crippen LogP contribution in [0.15, 0.2) is 11.1 Å². The topological polar surface area (TPSA) is 17.1 Å². The van der Waals surface area contributed by atoms with Crippen LogP contribution in [0.2, 0.25) is 0 Å². The normalized spacial score (nSPS) is 22.8. The van der Waals surface area contributed by atoms with E-state index in [2.05, 4.69) is 34.6 Å². The fraction of sp³-hybridized carbons (Fsp3) is 0.750. The molecule has 0 saturated carbocycles. The molecule has 0 radical (unpaired) electrons. The fourth-order valence-corrected chi connectivity index (χ4v) is 2.46. The summed E-state index contributed by atoms with van der Waals surface area (Å²) in [6.45, 7) is 10.7. The highest BCUT2D eigenvalue weighted by Crippen LogP contribution is 2.38. The number of hydrogen-bond acceptors (Lipinski definition) is 1. The summed E-state index contributed by atoms with van der Waals surface area (Å²) < 4.78 is 0. The van der Waals surface area contributed by atoms with Gasteiger partial charge in [-0.25, -0.2) is 0 Å². The maximum Gasteiger partial charge on any atom is 0.159 e. The highest BCUT2D eigenvalue weighted by atomic mass is 16.1. The van der Waals surface area contributed by atoms with Crippen molar-refractivity contribution in [3.05, 3.63) is 11.1 Å². The van der Waals surface area contributed by atoms with Gasteiger partial charge >= 0.3 is 0 Å². The van der Waals surface area contributed by atoms with E-state index in [4.69, 9.17) is 0 Å². The number of Topliss-reactive ketones (excluding diaryl/α,β-unsaturated/α-hetero) is 1. The van der Waals surface area contributed by atoms with Crippen LogP contribution < -0.4 is 0 Å². The molecule has 1 nitrogen and oxygen atoms in total. The molecule has 0 amide bonds. The van der Waals surface area contributed by atoms with Crippen LogP contribution in [0.1, 0.15) is 47.5 Å². The lowest BCUT2D eigenvalue weighted by Gasteiger charge is -2.32. The van der Waals surface area contributed by atoms with E-state index in [1.807, 2.05) is 0 Å².